The van der Waals surface area contributed by atoms with Crippen LogP contribution in [-0.2, 0) is 18.9 Å². The monoisotopic (exact) mass is 770 g/mol. The first-order chi connectivity index (χ1) is 25.1. The van der Waals surface area contributed by atoms with E-state index in [1.807, 2.05) is 20.8 Å². The lowest BCUT2D eigenvalue weighted by atomic mass is 9.34. The van der Waals surface area contributed by atoms with Crippen molar-refractivity contribution in [3.8, 4) is 0 Å². The molecule has 0 aromatic heterocycles. The lowest BCUT2D eigenvalue weighted by Crippen LogP contribution is -2.70. The third-order valence-corrected chi connectivity index (χ3v) is 16.2. The Morgan fingerprint density at radius 1 is 0.778 bits per heavy atom. The molecule has 13 heteroatoms. The molecule has 6 aliphatic rings. The molecule has 6 fully saturated rings. The van der Waals surface area contributed by atoms with Crippen LogP contribution >= 0.6 is 0 Å². The van der Waals surface area contributed by atoms with Crippen molar-refractivity contribution in [2.75, 3.05) is 13.2 Å². The van der Waals surface area contributed by atoms with Gasteiger partial charge in [0.05, 0.1) is 37.1 Å². The molecule has 2 saturated heterocycles. The first-order valence-corrected chi connectivity index (χ1v) is 20.4. The van der Waals surface area contributed by atoms with Crippen LogP contribution in [0.5, 0.6) is 0 Å². The van der Waals surface area contributed by atoms with Gasteiger partial charge in [-0.3, -0.25) is 0 Å². The Morgan fingerprint density at radius 2 is 1.41 bits per heavy atom. The normalized spacial score (nSPS) is 52.5. The summed E-state index contributed by atoms with van der Waals surface area (Å²) >= 11 is 0. The molecule has 4 saturated carbocycles. The van der Waals surface area contributed by atoms with E-state index in [-0.39, 0.29) is 46.5 Å². The number of aliphatic hydroxyl groups excluding tert-OH is 9. The smallest absolute Gasteiger partial charge is 0.187 e. The zero-order valence-electron chi connectivity index (χ0n) is 33.5. The summed E-state index contributed by atoms with van der Waals surface area (Å²) < 4.78 is 24.1. The number of rotatable bonds is 10. The molecule has 0 radical (unpaired) electrons. The van der Waals surface area contributed by atoms with Crippen LogP contribution < -0.4 is 0 Å². The lowest BCUT2D eigenvalue weighted by Gasteiger charge is -2.71. The quantitative estimate of drug-likeness (QED) is 0.145. The van der Waals surface area contributed by atoms with E-state index < -0.39 is 91.2 Å². The summed E-state index contributed by atoms with van der Waals surface area (Å²) in [6.45, 7) is 16.1. The maximum Gasteiger partial charge on any atom is 0.187 e. The first-order valence-electron chi connectivity index (χ1n) is 20.4. The van der Waals surface area contributed by atoms with Gasteiger partial charge in [-0.2, -0.15) is 0 Å². The first kappa shape index (κ1) is 42.8. The second kappa shape index (κ2) is 15.1. The highest BCUT2D eigenvalue weighted by Crippen LogP contribution is 2.76. The Morgan fingerprint density at radius 3 is 2.04 bits per heavy atom. The Kier molecular flexibility index (Phi) is 12.0. The van der Waals surface area contributed by atoms with Crippen LogP contribution in [0.3, 0.4) is 0 Å². The number of hydrogen-bond donors (Lipinski definition) is 9. The predicted molar refractivity (Wildman–Crippen MR) is 196 cm³/mol. The van der Waals surface area contributed by atoms with E-state index >= 15 is 0 Å². The summed E-state index contributed by atoms with van der Waals surface area (Å²) in [7, 11) is 0. The molecule has 20 atom stereocenters. The van der Waals surface area contributed by atoms with Gasteiger partial charge in [0, 0.05) is 0 Å². The maximum absolute atomic E-state index is 12.4. The second-order valence-corrected chi connectivity index (χ2v) is 19.8. The van der Waals surface area contributed by atoms with Crippen molar-refractivity contribution in [2.45, 2.75) is 186 Å². The van der Waals surface area contributed by atoms with E-state index in [1.165, 1.54) is 0 Å². The Labute approximate surface area is 320 Å². The van der Waals surface area contributed by atoms with Gasteiger partial charge in [0.2, 0.25) is 0 Å². The third kappa shape index (κ3) is 6.76. The fourth-order valence-electron chi connectivity index (χ4n) is 13.2. The van der Waals surface area contributed by atoms with Gasteiger partial charge in [-0.25, -0.2) is 0 Å². The third-order valence-electron chi connectivity index (χ3n) is 16.2. The minimum absolute atomic E-state index is 0.109. The molecule has 6 rings (SSSR count). The Hall–Kier alpha value is -0.780. The van der Waals surface area contributed by atoms with Gasteiger partial charge in [0.25, 0.3) is 0 Å². The predicted octanol–water partition coefficient (Wildman–Crippen LogP) is 1.76. The van der Waals surface area contributed by atoms with Gasteiger partial charge in [0.1, 0.15) is 42.7 Å². The van der Waals surface area contributed by atoms with Crippen molar-refractivity contribution in [3.63, 3.8) is 0 Å². The summed E-state index contributed by atoms with van der Waals surface area (Å²) in [5, 5.41) is 98.8. The topological polar surface area (TPSA) is 219 Å². The average Bonchev–Trinajstić information content (AvgIpc) is 3.61. The number of ether oxygens (including phenoxy) is 4. The standard InChI is InChI=1S/C41H70O13/c1-20(2)10-9-13-41(8,54-36-33(50)31(48)30(47)25(53-36)19-51-35-32(49)29(46)24(18-42)52-35)21-11-15-39(6)28(21)22(43)16-26-38(5)14-12-27(45)37(3,4)34(38)23(44)17-40(26,39)7/h10,21-36,42-50H,9,11-19H2,1-8H3/t21-,22+,23-,24-,25+,26+,27-,28-,29-,30+,31-,32+,33+,34-,35+,36-,38+,39+,40+,41?/m0/s1. The molecule has 312 valence electrons. The van der Waals surface area contributed by atoms with Gasteiger partial charge in [0.15, 0.2) is 12.6 Å². The van der Waals surface area contributed by atoms with Crippen LogP contribution in [0, 0.1) is 45.3 Å². The Bertz CT molecular complexity index is 1360. The maximum atomic E-state index is 12.4. The molecular weight excluding hydrogens is 700 g/mol. The highest BCUT2D eigenvalue weighted by Gasteiger charge is 2.73. The van der Waals surface area contributed by atoms with Gasteiger partial charge in [-0.05, 0) is 117 Å². The number of fused-ring (bicyclic) bond motifs is 5. The molecule has 0 bridgehead atoms. The number of aliphatic hydroxyl groups is 9. The molecule has 4 aliphatic carbocycles. The van der Waals surface area contributed by atoms with Gasteiger partial charge in [-0.15, -0.1) is 0 Å². The molecule has 1 unspecified atom stereocenters. The molecule has 9 N–H and O–H groups in total. The lowest BCUT2D eigenvalue weighted by molar-refractivity contribution is -0.341. The summed E-state index contributed by atoms with van der Waals surface area (Å²) in [5.74, 6) is -0.397. The minimum atomic E-state index is -1.66. The van der Waals surface area contributed by atoms with Crippen LogP contribution in [0.4, 0.5) is 0 Å². The minimum Gasteiger partial charge on any atom is -0.394 e. The number of hydrogen-bond acceptors (Lipinski definition) is 13. The average molecular weight is 771 g/mol. The number of allylic oxidation sites excluding steroid dienone is 2. The molecular formula is C41H70O13. The molecule has 0 aromatic rings. The van der Waals surface area contributed by atoms with Crippen molar-refractivity contribution >= 4 is 0 Å². The molecule has 2 heterocycles. The second-order valence-electron chi connectivity index (χ2n) is 19.8. The molecule has 54 heavy (non-hydrogen) atoms. The molecule has 13 nitrogen and oxygen atoms in total. The van der Waals surface area contributed by atoms with E-state index in [0.29, 0.717) is 32.1 Å². The van der Waals surface area contributed by atoms with Crippen LogP contribution in [-0.4, -0.2) is 138 Å². The van der Waals surface area contributed by atoms with Gasteiger partial charge < -0.3 is 64.9 Å². The van der Waals surface area contributed by atoms with E-state index in [1.54, 1.807) is 0 Å². The molecule has 0 spiro atoms. The summed E-state index contributed by atoms with van der Waals surface area (Å²) in [6.07, 6.45) is -7.06. The zero-order chi connectivity index (χ0) is 39.9. The van der Waals surface area contributed by atoms with E-state index in [4.69, 9.17) is 18.9 Å². The van der Waals surface area contributed by atoms with Crippen molar-refractivity contribution in [1.29, 1.82) is 0 Å². The van der Waals surface area contributed by atoms with Crippen molar-refractivity contribution in [3.05, 3.63) is 11.6 Å². The highest BCUT2D eigenvalue weighted by atomic mass is 16.7. The summed E-state index contributed by atoms with van der Waals surface area (Å²) in [4.78, 5) is 0. The molecule has 0 aromatic carbocycles. The van der Waals surface area contributed by atoms with Crippen LogP contribution in [0.15, 0.2) is 11.6 Å². The highest BCUT2D eigenvalue weighted by molar-refractivity contribution is 5.22. The fourth-order valence-corrected chi connectivity index (χ4v) is 13.2. The SMILES string of the molecule is CC(C)=CCCC(C)(O[C@@H]1O[C@H](CO[C@@H]2O[C@@H](CO)[C@H](O)[C@H]2O)[C@@H](O)[C@H](O)[C@H]1O)[C@H]1CC[C@]2(C)[C@@H]1[C@H](O)C[C@@H]1[C@@]3(C)CC[C@H](O)C(C)(C)[C@@H]3[C@@H](O)C[C@]12C. The van der Waals surface area contributed by atoms with Gasteiger partial charge in [-0.1, -0.05) is 46.3 Å². The molecule has 2 aliphatic heterocycles. The van der Waals surface area contributed by atoms with E-state index in [2.05, 4.69) is 40.7 Å². The zero-order valence-corrected chi connectivity index (χ0v) is 33.5. The van der Waals surface area contributed by atoms with Crippen LogP contribution in [0.2, 0.25) is 0 Å². The van der Waals surface area contributed by atoms with E-state index in [0.717, 1.165) is 24.8 Å². The fraction of sp³-hybridized carbons (Fsp3) is 0.951. The van der Waals surface area contributed by atoms with Gasteiger partial charge >= 0.3 is 0 Å². The van der Waals surface area contributed by atoms with Crippen molar-refractivity contribution < 1.29 is 64.9 Å². The van der Waals surface area contributed by atoms with E-state index in [9.17, 15) is 46.0 Å². The summed E-state index contributed by atoms with van der Waals surface area (Å²) in [5.41, 5.74) is -1.30. The molecule has 0 amide bonds. The Balaban J connectivity index is 1.28. The van der Waals surface area contributed by atoms with Crippen LogP contribution in [0.25, 0.3) is 0 Å². The largest absolute Gasteiger partial charge is 0.394 e. The van der Waals surface area contributed by atoms with Crippen molar-refractivity contribution in [1.82, 2.24) is 0 Å². The van der Waals surface area contributed by atoms with Crippen molar-refractivity contribution in [2.24, 2.45) is 45.3 Å². The van der Waals surface area contributed by atoms with Crippen LogP contribution in [0.1, 0.15) is 107 Å². The summed E-state index contributed by atoms with van der Waals surface area (Å²) in [6, 6.07) is 0.